The predicted octanol–water partition coefficient (Wildman–Crippen LogP) is 1.01. The van der Waals surface area contributed by atoms with Crippen molar-refractivity contribution in [3.05, 3.63) is 0 Å². The molecule has 0 aromatic rings. The van der Waals surface area contributed by atoms with E-state index in [-0.39, 0.29) is 13.2 Å². The minimum Gasteiger partial charge on any atom is -0.349 e. The normalized spacial score (nSPS) is 19.7. The monoisotopic (exact) mass is 287 g/mol. The maximum absolute atomic E-state index is 12.0. The number of hydrogen-bond donors (Lipinski definition) is 0. The van der Waals surface area contributed by atoms with Crippen LogP contribution in [-0.2, 0) is 19.3 Å². The zero-order valence-corrected chi connectivity index (χ0v) is 10.1. The number of halogens is 3. The Labute approximate surface area is 102 Å². The minimum atomic E-state index is -4.48. The van der Waals surface area contributed by atoms with Crippen molar-refractivity contribution in [1.82, 2.24) is 0 Å². The SMILES string of the molecule is N#CC(CCC(F)(F)F)S(=O)(=O)CC1OCCO1. The van der Waals surface area contributed by atoms with Gasteiger partial charge < -0.3 is 9.47 Å². The fraction of sp³-hybridized carbons (Fsp3) is 0.889. The van der Waals surface area contributed by atoms with E-state index < -0.39 is 46.1 Å². The van der Waals surface area contributed by atoms with Gasteiger partial charge in [0, 0.05) is 6.42 Å². The molecule has 0 radical (unpaired) electrons. The second kappa shape index (κ2) is 5.86. The first-order chi connectivity index (χ1) is 8.24. The third-order valence-corrected chi connectivity index (χ3v) is 4.27. The Balaban J connectivity index is 2.59. The summed E-state index contributed by atoms with van der Waals surface area (Å²) in [5.41, 5.74) is 0. The molecule has 0 aromatic carbocycles. The van der Waals surface area contributed by atoms with E-state index in [1.54, 1.807) is 0 Å². The highest BCUT2D eigenvalue weighted by atomic mass is 32.2. The third kappa shape index (κ3) is 4.80. The second-order valence-electron chi connectivity index (χ2n) is 3.77. The fourth-order valence-corrected chi connectivity index (χ4v) is 2.87. The first-order valence-electron chi connectivity index (χ1n) is 5.16. The van der Waals surface area contributed by atoms with Gasteiger partial charge in [0.15, 0.2) is 16.1 Å². The van der Waals surface area contributed by atoms with Crippen LogP contribution < -0.4 is 0 Å². The summed E-state index contributed by atoms with van der Waals surface area (Å²) in [6.07, 6.45) is -7.55. The van der Waals surface area contributed by atoms with Crippen LogP contribution in [0.1, 0.15) is 12.8 Å². The number of nitriles is 1. The highest BCUT2D eigenvalue weighted by Crippen LogP contribution is 2.24. The number of nitrogens with zero attached hydrogens (tertiary/aromatic N) is 1. The third-order valence-electron chi connectivity index (χ3n) is 2.33. The molecule has 0 spiro atoms. The summed E-state index contributed by atoms with van der Waals surface area (Å²) >= 11 is 0. The van der Waals surface area contributed by atoms with E-state index in [1.807, 2.05) is 0 Å². The zero-order chi connectivity index (χ0) is 13.8. The standard InChI is InChI=1S/C9H12F3NO4S/c10-9(11,12)2-1-7(5-13)18(14,15)6-8-16-3-4-17-8/h7-8H,1-4,6H2. The second-order valence-corrected chi connectivity index (χ2v) is 6.00. The lowest BCUT2D eigenvalue weighted by atomic mass is 10.2. The van der Waals surface area contributed by atoms with Gasteiger partial charge in [0.1, 0.15) is 11.0 Å². The van der Waals surface area contributed by atoms with Crippen molar-refractivity contribution >= 4 is 9.84 Å². The van der Waals surface area contributed by atoms with E-state index in [0.717, 1.165) is 0 Å². The van der Waals surface area contributed by atoms with Gasteiger partial charge in [0.2, 0.25) is 0 Å². The number of hydrogen-bond acceptors (Lipinski definition) is 5. The van der Waals surface area contributed by atoms with Gasteiger partial charge >= 0.3 is 6.18 Å². The molecule has 5 nitrogen and oxygen atoms in total. The molecule has 18 heavy (non-hydrogen) atoms. The minimum absolute atomic E-state index is 0.236. The van der Waals surface area contributed by atoms with Crippen LogP contribution in [0.5, 0.6) is 0 Å². The van der Waals surface area contributed by atoms with Crippen molar-refractivity contribution in [1.29, 1.82) is 5.26 Å². The van der Waals surface area contributed by atoms with Gasteiger partial charge in [0.05, 0.1) is 19.3 Å². The van der Waals surface area contributed by atoms with Gasteiger partial charge in [0.25, 0.3) is 0 Å². The molecule has 0 amide bonds. The quantitative estimate of drug-likeness (QED) is 0.754. The largest absolute Gasteiger partial charge is 0.389 e. The maximum atomic E-state index is 12.0. The van der Waals surface area contributed by atoms with Crippen molar-refractivity contribution in [3.8, 4) is 6.07 Å². The first-order valence-corrected chi connectivity index (χ1v) is 6.87. The van der Waals surface area contributed by atoms with Gasteiger partial charge in [-0.2, -0.15) is 18.4 Å². The summed E-state index contributed by atoms with van der Waals surface area (Å²) < 4.78 is 69.1. The lowest BCUT2D eigenvalue weighted by molar-refractivity contribution is -0.135. The Hall–Kier alpha value is -0.850. The highest BCUT2D eigenvalue weighted by molar-refractivity contribution is 7.92. The van der Waals surface area contributed by atoms with E-state index in [4.69, 9.17) is 14.7 Å². The van der Waals surface area contributed by atoms with Crippen LogP contribution in [0.3, 0.4) is 0 Å². The first kappa shape index (κ1) is 15.2. The molecule has 1 heterocycles. The van der Waals surface area contributed by atoms with E-state index in [9.17, 15) is 21.6 Å². The van der Waals surface area contributed by atoms with Crippen LogP contribution in [0.2, 0.25) is 0 Å². The van der Waals surface area contributed by atoms with Crippen molar-refractivity contribution in [2.75, 3.05) is 19.0 Å². The molecule has 0 aromatic heterocycles. The average Bonchev–Trinajstić information content (AvgIpc) is 2.68. The Bertz CT molecular complexity index is 409. The van der Waals surface area contributed by atoms with Gasteiger partial charge in [-0.1, -0.05) is 0 Å². The van der Waals surface area contributed by atoms with Crippen LogP contribution in [0, 0.1) is 11.3 Å². The Morgan fingerprint density at radius 3 is 2.33 bits per heavy atom. The molecule has 0 N–H and O–H groups in total. The maximum Gasteiger partial charge on any atom is 0.389 e. The van der Waals surface area contributed by atoms with Gasteiger partial charge in [-0.25, -0.2) is 8.42 Å². The molecule has 1 fully saturated rings. The predicted molar refractivity (Wildman–Crippen MR) is 54.2 cm³/mol. The molecule has 0 aliphatic carbocycles. The lowest BCUT2D eigenvalue weighted by Gasteiger charge is -2.14. The zero-order valence-electron chi connectivity index (χ0n) is 9.31. The number of alkyl halides is 3. The summed E-state index contributed by atoms with van der Waals surface area (Å²) in [6, 6.07) is 1.39. The van der Waals surface area contributed by atoms with Crippen LogP contribution in [-0.4, -0.2) is 45.1 Å². The molecule has 1 aliphatic heterocycles. The average molecular weight is 287 g/mol. The van der Waals surface area contributed by atoms with Crippen molar-refractivity contribution in [2.45, 2.75) is 30.6 Å². The molecule has 1 rings (SSSR count). The molecule has 1 atom stereocenters. The van der Waals surface area contributed by atoms with Crippen molar-refractivity contribution in [2.24, 2.45) is 0 Å². The molecule has 104 valence electrons. The molecular formula is C9H12F3NO4S. The molecular weight excluding hydrogens is 275 g/mol. The summed E-state index contributed by atoms with van der Waals surface area (Å²) in [4.78, 5) is 0. The van der Waals surface area contributed by atoms with E-state index in [1.165, 1.54) is 6.07 Å². The number of ether oxygens (including phenoxy) is 2. The molecule has 1 saturated heterocycles. The lowest BCUT2D eigenvalue weighted by Crippen LogP contribution is -2.31. The Kier molecular flexibility index (Phi) is 4.95. The molecule has 1 aliphatic rings. The van der Waals surface area contributed by atoms with Gasteiger partial charge in [-0.3, -0.25) is 0 Å². The fourth-order valence-electron chi connectivity index (χ4n) is 1.43. The molecule has 1 unspecified atom stereocenters. The molecule has 9 heteroatoms. The van der Waals surface area contributed by atoms with Crippen molar-refractivity contribution in [3.63, 3.8) is 0 Å². The van der Waals surface area contributed by atoms with Crippen LogP contribution >= 0.6 is 0 Å². The summed E-state index contributed by atoms with van der Waals surface area (Å²) in [5.74, 6) is -0.594. The number of rotatable bonds is 5. The summed E-state index contributed by atoms with van der Waals surface area (Å²) in [6.45, 7) is 0.472. The Morgan fingerprint density at radius 2 is 1.89 bits per heavy atom. The summed E-state index contributed by atoms with van der Waals surface area (Å²) in [7, 11) is -3.99. The van der Waals surface area contributed by atoms with E-state index in [2.05, 4.69) is 0 Å². The van der Waals surface area contributed by atoms with Crippen LogP contribution in [0.25, 0.3) is 0 Å². The topological polar surface area (TPSA) is 76.4 Å². The molecule has 0 saturated carbocycles. The molecule has 0 bridgehead atoms. The van der Waals surface area contributed by atoms with E-state index in [0.29, 0.717) is 0 Å². The number of sulfone groups is 1. The highest BCUT2D eigenvalue weighted by Gasteiger charge is 2.35. The smallest absolute Gasteiger partial charge is 0.349 e. The van der Waals surface area contributed by atoms with Gasteiger partial charge in [-0.05, 0) is 6.42 Å². The van der Waals surface area contributed by atoms with Gasteiger partial charge in [-0.15, -0.1) is 0 Å². The van der Waals surface area contributed by atoms with E-state index >= 15 is 0 Å². The van der Waals surface area contributed by atoms with Crippen LogP contribution in [0.4, 0.5) is 13.2 Å². The van der Waals surface area contributed by atoms with Crippen molar-refractivity contribution < 1.29 is 31.1 Å². The Morgan fingerprint density at radius 1 is 1.33 bits per heavy atom. The summed E-state index contributed by atoms with van der Waals surface area (Å²) in [5, 5.41) is 6.97. The van der Waals surface area contributed by atoms with Crippen LogP contribution in [0.15, 0.2) is 0 Å².